The average Bonchev–Trinajstić information content (AvgIpc) is 2.60. The van der Waals surface area contributed by atoms with Crippen LogP contribution in [0.5, 0.6) is 0 Å². The maximum Gasteiger partial charge on any atom is 0.0794 e. The van der Waals surface area contributed by atoms with E-state index in [2.05, 4.69) is 82.0 Å². The zero-order chi connectivity index (χ0) is 17.6. The summed E-state index contributed by atoms with van der Waals surface area (Å²) in [6.45, 7) is 10.4. The van der Waals surface area contributed by atoms with E-state index in [1.165, 1.54) is 17.6 Å². The maximum atomic E-state index is 9.93. The Balaban J connectivity index is 2.58. The summed E-state index contributed by atoms with van der Waals surface area (Å²) < 4.78 is 0. The van der Waals surface area contributed by atoms with E-state index in [0.717, 1.165) is 12.8 Å². The van der Waals surface area contributed by atoms with Crippen LogP contribution in [0.4, 0.5) is 0 Å². The smallest absolute Gasteiger partial charge is 0.0794 e. The van der Waals surface area contributed by atoms with Gasteiger partial charge in [0.25, 0.3) is 0 Å². The molecular formula is C23H29N. The van der Waals surface area contributed by atoms with Crippen LogP contribution in [-0.2, 0) is 0 Å². The van der Waals surface area contributed by atoms with Crippen LogP contribution in [0.3, 0.4) is 0 Å². The van der Waals surface area contributed by atoms with Gasteiger partial charge in [-0.3, -0.25) is 0 Å². The Kier molecular flexibility index (Phi) is 5.84. The van der Waals surface area contributed by atoms with Crippen molar-refractivity contribution in [3.8, 4) is 6.07 Å². The van der Waals surface area contributed by atoms with Crippen LogP contribution in [0, 0.1) is 22.2 Å². The molecule has 1 heteroatoms. The van der Waals surface area contributed by atoms with Crippen molar-refractivity contribution in [2.75, 3.05) is 0 Å². The SMILES string of the molecule is C=CCC(C)(C#N)C1=CCCC[C@@]1(C)C(/C=C/C)c1ccccc1. The molecule has 2 unspecified atom stereocenters. The summed E-state index contributed by atoms with van der Waals surface area (Å²) in [6, 6.07) is 13.3. The van der Waals surface area contributed by atoms with Crippen molar-refractivity contribution in [3.05, 3.63) is 72.4 Å². The van der Waals surface area contributed by atoms with Gasteiger partial charge in [0.2, 0.25) is 0 Å². The van der Waals surface area contributed by atoms with Crippen molar-refractivity contribution in [3.63, 3.8) is 0 Å². The van der Waals surface area contributed by atoms with Crippen molar-refractivity contribution >= 4 is 0 Å². The average molecular weight is 319 g/mol. The zero-order valence-electron chi connectivity index (χ0n) is 15.3. The van der Waals surface area contributed by atoms with Gasteiger partial charge >= 0.3 is 0 Å². The summed E-state index contributed by atoms with van der Waals surface area (Å²) in [7, 11) is 0. The van der Waals surface area contributed by atoms with Gasteiger partial charge in [-0.15, -0.1) is 6.58 Å². The minimum absolute atomic E-state index is 0.0421. The monoisotopic (exact) mass is 319 g/mol. The maximum absolute atomic E-state index is 9.93. The van der Waals surface area contributed by atoms with Crippen LogP contribution in [-0.4, -0.2) is 0 Å². The van der Waals surface area contributed by atoms with Crippen LogP contribution in [0.25, 0.3) is 0 Å². The van der Waals surface area contributed by atoms with Gasteiger partial charge in [-0.05, 0) is 50.7 Å². The molecule has 0 aromatic heterocycles. The van der Waals surface area contributed by atoms with Crippen molar-refractivity contribution in [1.82, 2.24) is 0 Å². The number of hydrogen-bond acceptors (Lipinski definition) is 1. The molecule has 0 heterocycles. The summed E-state index contributed by atoms with van der Waals surface area (Å²) in [5.41, 5.74) is 2.09. The van der Waals surface area contributed by atoms with Gasteiger partial charge in [-0.1, -0.05) is 61.6 Å². The molecule has 1 aliphatic rings. The van der Waals surface area contributed by atoms with Crippen molar-refractivity contribution in [2.24, 2.45) is 10.8 Å². The van der Waals surface area contributed by atoms with E-state index in [0.29, 0.717) is 6.42 Å². The number of nitriles is 1. The fraction of sp³-hybridized carbons (Fsp3) is 0.435. The largest absolute Gasteiger partial charge is 0.197 e. The highest BCUT2D eigenvalue weighted by Crippen LogP contribution is 2.55. The van der Waals surface area contributed by atoms with Crippen LogP contribution in [0.1, 0.15) is 57.9 Å². The molecule has 0 fully saturated rings. The summed E-state index contributed by atoms with van der Waals surface area (Å²) in [5.74, 6) is 0.285. The summed E-state index contributed by atoms with van der Waals surface area (Å²) in [5, 5.41) is 9.93. The molecule has 24 heavy (non-hydrogen) atoms. The van der Waals surface area contributed by atoms with Gasteiger partial charge in [-0.25, -0.2) is 0 Å². The van der Waals surface area contributed by atoms with Crippen LogP contribution in [0.15, 0.2) is 66.8 Å². The van der Waals surface area contributed by atoms with Crippen LogP contribution in [0.2, 0.25) is 0 Å². The Bertz CT molecular complexity index is 661. The number of hydrogen-bond donors (Lipinski definition) is 0. The minimum atomic E-state index is -0.481. The van der Waals surface area contributed by atoms with Crippen molar-refractivity contribution in [1.29, 1.82) is 5.26 Å². The minimum Gasteiger partial charge on any atom is -0.197 e. The van der Waals surface area contributed by atoms with Crippen molar-refractivity contribution in [2.45, 2.75) is 52.4 Å². The van der Waals surface area contributed by atoms with Gasteiger partial charge in [0.1, 0.15) is 0 Å². The van der Waals surface area contributed by atoms with E-state index in [1.54, 1.807) is 0 Å². The Morgan fingerprint density at radius 1 is 1.38 bits per heavy atom. The molecule has 0 spiro atoms. The van der Waals surface area contributed by atoms with E-state index in [-0.39, 0.29) is 11.3 Å². The standard InChI is InChI=1S/C23H29N/c1-5-12-20(19-13-8-7-9-14-19)23(4)17-11-10-15-21(23)22(3,18-24)16-6-2/h5-9,12-15,20H,2,10-11,16-17H2,1,3-4H3/b12-5+/t20?,22?,23-/m0/s1. The number of benzene rings is 1. The van der Waals surface area contributed by atoms with Gasteiger partial charge in [0.05, 0.1) is 11.5 Å². The lowest BCUT2D eigenvalue weighted by atomic mass is 9.56. The highest BCUT2D eigenvalue weighted by atomic mass is 14.5. The van der Waals surface area contributed by atoms with Crippen molar-refractivity contribution < 1.29 is 0 Å². The Hall–Kier alpha value is -2.07. The number of rotatable bonds is 6. The molecule has 0 bridgehead atoms. The number of nitrogens with zero attached hydrogens (tertiary/aromatic N) is 1. The molecule has 0 radical (unpaired) electrons. The highest BCUT2D eigenvalue weighted by Gasteiger charge is 2.45. The van der Waals surface area contributed by atoms with Crippen LogP contribution >= 0.6 is 0 Å². The van der Waals surface area contributed by atoms with E-state index in [1.807, 2.05) is 6.08 Å². The highest BCUT2D eigenvalue weighted by molar-refractivity contribution is 5.39. The molecule has 0 N–H and O–H groups in total. The first-order valence-electron chi connectivity index (χ1n) is 8.93. The molecule has 0 saturated carbocycles. The third-order valence-corrected chi connectivity index (χ3v) is 5.49. The Labute approximate surface area is 147 Å². The molecule has 1 aromatic rings. The molecule has 0 amide bonds. The molecule has 1 aliphatic carbocycles. The zero-order valence-corrected chi connectivity index (χ0v) is 15.3. The molecule has 3 atom stereocenters. The molecule has 0 aliphatic heterocycles. The normalized spacial score (nSPS) is 24.7. The lowest BCUT2D eigenvalue weighted by Gasteiger charge is -2.46. The fourth-order valence-corrected chi connectivity index (χ4v) is 4.31. The van der Waals surface area contributed by atoms with Crippen LogP contribution < -0.4 is 0 Å². The predicted octanol–water partition coefficient (Wildman–Crippen LogP) is 6.57. The summed E-state index contributed by atoms with van der Waals surface area (Å²) in [4.78, 5) is 0. The van der Waals surface area contributed by atoms with E-state index in [4.69, 9.17) is 0 Å². The Morgan fingerprint density at radius 3 is 2.67 bits per heavy atom. The molecule has 0 saturated heterocycles. The first-order valence-corrected chi connectivity index (χ1v) is 8.93. The third-order valence-electron chi connectivity index (χ3n) is 5.49. The van der Waals surface area contributed by atoms with E-state index in [9.17, 15) is 5.26 Å². The summed E-state index contributed by atoms with van der Waals surface area (Å²) in [6.07, 6.45) is 12.7. The molecule has 126 valence electrons. The Morgan fingerprint density at radius 2 is 2.08 bits per heavy atom. The molecular weight excluding hydrogens is 290 g/mol. The molecule has 1 nitrogen and oxygen atoms in total. The molecule has 2 rings (SSSR count). The number of allylic oxidation sites excluding steroid dienone is 5. The van der Waals surface area contributed by atoms with E-state index >= 15 is 0 Å². The predicted molar refractivity (Wildman–Crippen MR) is 103 cm³/mol. The second-order valence-corrected chi connectivity index (χ2v) is 7.28. The van der Waals surface area contributed by atoms with Gasteiger partial charge in [0.15, 0.2) is 0 Å². The van der Waals surface area contributed by atoms with Gasteiger partial charge < -0.3 is 0 Å². The topological polar surface area (TPSA) is 23.8 Å². The fourth-order valence-electron chi connectivity index (χ4n) is 4.31. The van der Waals surface area contributed by atoms with E-state index < -0.39 is 5.41 Å². The van der Waals surface area contributed by atoms with Gasteiger partial charge in [0, 0.05) is 11.3 Å². The second-order valence-electron chi connectivity index (χ2n) is 7.28. The third kappa shape index (κ3) is 3.39. The lowest BCUT2D eigenvalue weighted by molar-refractivity contribution is 0.251. The first-order chi connectivity index (χ1) is 11.5. The lowest BCUT2D eigenvalue weighted by Crippen LogP contribution is -2.36. The second kappa shape index (κ2) is 7.67. The quantitative estimate of drug-likeness (QED) is 0.544. The summed E-state index contributed by atoms with van der Waals surface area (Å²) >= 11 is 0. The van der Waals surface area contributed by atoms with Gasteiger partial charge in [-0.2, -0.15) is 5.26 Å². The molecule has 1 aromatic carbocycles. The first kappa shape index (κ1) is 18.3.